The number of para-hydroxylation sites is 1. The topological polar surface area (TPSA) is 72.7 Å². The lowest BCUT2D eigenvalue weighted by molar-refractivity contribution is 0.102. The number of rotatable bonds is 4. The molecule has 6 nitrogen and oxygen atoms in total. The molecule has 0 bridgehead atoms. The number of benzene rings is 1. The zero-order valence-corrected chi connectivity index (χ0v) is 14.8. The summed E-state index contributed by atoms with van der Waals surface area (Å²) in [6, 6.07) is 20.1. The van der Waals surface area contributed by atoms with E-state index in [-0.39, 0.29) is 5.91 Å². The Hall–Kier alpha value is -3.51. The first kappa shape index (κ1) is 16.9. The molecule has 0 atom stereocenters. The van der Waals surface area contributed by atoms with Gasteiger partial charge in [-0.1, -0.05) is 35.9 Å². The van der Waals surface area contributed by atoms with Crippen LogP contribution in [-0.2, 0) is 0 Å². The van der Waals surface area contributed by atoms with E-state index in [0.717, 1.165) is 11.4 Å². The Balaban J connectivity index is 1.73. The second-order valence-corrected chi connectivity index (χ2v) is 6.09. The highest BCUT2D eigenvalue weighted by Crippen LogP contribution is 2.24. The third kappa shape index (κ3) is 3.70. The summed E-state index contributed by atoms with van der Waals surface area (Å²) >= 11 is 5.79. The Bertz CT molecular complexity index is 1060. The quantitative estimate of drug-likeness (QED) is 0.541. The number of carbonyl (C=O) groups is 1. The molecule has 27 heavy (non-hydrogen) atoms. The number of nitrogens with zero attached hydrogens (tertiary/aromatic N) is 4. The maximum absolute atomic E-state index is 12.6. The number of aromatic nitrogens is 4. The van der Waals surface area contributed by atoms with Crippen LogP contribution in [0.2, 0.25) is 5.15 Å². The number of carbonyl (C=O) groups excluding carboxylic acids is 1. The smallest absolute Gasteiger partial charge is 0.258 e. The molecule has 0 aliphatic rings. The van der Waals surface area contributed by atoms with Crippen molar-refractivity contribution in [1.82, 2.24) is 19.7 Å². The highest BCUT2D eigenvalue weighted by Gasteiger charge is 2.15. The molecule has 132 valence electrons. The molecule has 0 spiro atoms. The molecule has 0 unspecified atom stereocenters. The van der Waals surface area contributed by atoms with E-state index in [4.69, 9.17) is 11.6 Å². The number of anilines is 1. The SMILES string of the molecule is O=C(Nc1cc(-c2ccccn2)nn1-c1ccccc1)c1ccc(Cl)nc1. The second-order valence-electron chi connectivity index (χ2n) is 5.70. The lowest BCUT2D eigenvalue weighted by Gasteiger charge is -2.08. The van der Waals surface area contributed by atoms with Gasteiger partial charge in [-0.25, -0.2) is 9.67 Å². The van der Waals surface area contributed by atoms with Crippen molar-refractivity contribution in [2.24, 2.45) is 0 Å². The molecule has 0 aliphatic heterocycles. The maximum Gasteiger partial charge on any atom is 0.258 e. The molecule has 0 radical (unpaired) electrons. The predicted octanol–water partition coefficient (Wildman–Crippen LogP) is 4.24. The van der Waals surface area contributed by atoms with Crippen LogP contribution in [0.5, 0.6) is 0 Å². The minimum absolute atomic E-state index is 0.302. The molecular formula is C20H14ClN5O. The largest absolute Gasteiger partial charge is 0.306 e. The van der Waals surface area contributed by atoms with Crippen molar-refractivity contribution < 1.29 is 4.79 Å². The van der Waals surface area contributed by atoms with Crippen molar-refractivity contribution in [3.05, 3.63) is 89.8 Å². The van der Waals surface area contributed by atoms with E-state index in [9.17, 15) is 4.79 Å². The van der Waals surface area contributed by atoms with E-state index < -0.39 is 0 Å². The van der Waals surface area contributed by atoms with Crippen molar-refractivity contribution in [2.75, 3.05) is 5.32 Å². The van der Waals surface area contributed by atoms with Gasteiger partial charge < -0.3 is 5.32 Å². The van der Waals surface area contributed by atoms with E-state index in [1.165, 1.54) is 6.20 Å². The monoisotopic (exact) mass is 375 g/mol. The van der Waals surface area contributed by atoms with Crippen molar-refractivity contribution in [3.8, 4) is 17.1 Å². The van der Waals surface area contributed by atoms with Crippen molar-refractivity contribution in [1.29, 1.82) is 0 Å². The molecule has 3 aromatic heterocycles. The zero-order valence-electron chi connectivity index (χ0n) is 14.1. The maximum atomic E-state index is 12.6. The molecule has 4 rings (SSSR count). The van der Waals surface area contributed by atoms with E-state index in [2.05, 4.69) is 20.4 Å². The second kappa shape index (κ2) is 7.39. The van der Waals surface area contributed by atoms with E-state index in [1.807, 2.05) is 48.5 Å². The number of nitrogens with one attached hydrogen (secondary N) is 1. The third-order valence-electron chi connectivity index (χ3n) is 3.87. The molecule has 1 aromatic carbocycles. The molecule has 0 aliphatic carbocycles. The van der Waals surface area contributed by atoms with Gasteiger partial charge in [0.1, 0.15) is 16.7 Å². The number of hydrogen-bond donors (Lipinski definition) is 1. The molecule has 0 fully saturated rings. The molecule has 1 amide bonds. The minimum Gasteiger partial charge on any atom is -0.306 e. The van der Waals surface area contributed by atoms with Crippen LogP contribution >= 0.6 is 11.6 Å². The van der Waals surface area contributed by atoms with Gasteiger partial charge in [-0.15, -0.1) is 0 Å². The summed E-state index contributed by atoms with van der Waals surface area (Å²) < 4.78 is 1.67. The first-order valence-corrected chi connectivity index (χ1v) is 8.58. The van der Waals surface area contributed by atoms with Gasteiger partial charge in [0.2, 0.25) is 0 Å². The van der Waals surface area contributed by atoms with Gasteiger partial charge in [0.05, 0.1) is 16.9 Å². The molecule has 3 heterocycles. The Labute approximate surface area is 160 Å². The van der Waals surface area contributed by atoms with Crippen molar-refractivity contribution >= 4 is 23.3 Å². The summed E-state index contributed by atoms with van der Waals surface area (Å²) in [5.41, 5.74) is 2.60. The average molecular weight is 376 g/mol. The molecule has 0 saturated carbocycles. The number of halogens is 1. The third-order valence-corrected chi connectivity index (χ3v) is 4.09. The summed E-state index contributed by atoms with van der Waals surface area (Å²) in [6.45, 7) is 0. The highest BCUT2D eigenvalue weighted by atomic mass is 35.5. The van der Waals surface area contributed by atoms with Crippen LogP contribution in [-0.4, -0.2) is 25.7 Å². The van der Waals surface area contributed by atoms with Gasteiger partial charge >= 0.3 is 0 Å². The van der Waals surface area contributed by atoms with Crippen LogP contribution < -0.4 is 5.32 Å². The summed E-state index contributed by atoms with van der Waals surface area (Å²) in [4.78, 5) is 20.9. The van der Waals surface area contributed by atoms with E-state index >= 15 is 0 Å². The summed E-state index contributed by atoms with van der Waals surface area (Å²) in [5.74, 6) is 0.227. The van der Waals surface area contributed by atoms with Gasteiger partial charge in [-0.3, -0.25) is 9.78 Å². The van der Waals surface area contributed by atoms with Crippen LogP contribution in [0.25, 0.3) is 17.1 Å². The van der Waals surface area contributed by atoms with Gasteiger partial charge in [0, 0.05) is 18.5 Å². The Morgan fingerprint density at radius 1 is 0.926 bits per heavy atom. The van der Waals surface area contributed by atoms with Gasteiger partial charge in [-0.05, 0) is 36.4 Å². The zero-order chi connectivity index (χ0) is 18.6. The Kier molecular flexibility index (Phi) is 4.63. The van der Waals surface area contributed by atoms with Crippen LogP contribution in [0, 0.1) is 0 Å². The first-order chi connectivity index (χ1) is 13.2. The average Bonchev–Trinajstić information content (AvgIpc) is 3.13. The Morgan fingerprint density at radius 3 is 2.44 bits per heavy atom. The van der Waals surface area contributed by atoms with E-state index in [0.29, 0.717) is 22.2 Å². The normalized spacial score (nSPS) is 10.6. The van der Waals surface area contributed by atoms with Crippen molar-refractivity contribution in [2.45, 2.75) is 0 Å². The molecule has 4 aromatic rings. The molecule has 7 heteroatoms. The van der Waals surface area contributed by atoms with Crippen molar-refractivity contribution in [3.63, 3.8) is 0 Å². The molecular weight excluding hydrogens is 362 g/mol. The van der Waals surface area contributed by atoms with Crippen LogP contribution in [0.1, 0.15) is 10.4 Å². The lowest BCUT2D eigenvalue weighted by atomic mass is 10.2. The summed E-state index contributed by atoms with van der Waals surface area (Å²) in [7, 11) is 0. The standard InChI is InChI=1S/C20H14ClN5O/c21-18-10-9-14(13-23-18)20(27)24-19-12-17(16-8-4-5-11-22-16)25-26(19)15-6-2-1-3-7-15/h1-13H,(H,24,27). The van der Waals surface area contributed by atoms with Crippen LogP contribution in [0.4, 0.5) is 5.82 Å². The highest BCUT2D eigenvalue weighted by molar-refractivity contribution is 6.29. The van der Waals surface area contributed by atoms with Gasteiger partial charge in [0.25, 0.3) is 5.91 Å². The predicted molar refractivity (Wildman–Crippen MR) is 104 cm³/mol. The van der Waals surface area contributed by atoms with Gasteiger partial charge in [-0.2, -0.15) is 5.10 Å². The van der Waals surface area contributed by atoms with Crippen LogP contribution in [0.3, 0.4) is 0 Å². The fourth-order valence-electron chi connectivity index (χ4n) is 2.57. The van der Waals surface area contributed by atoms with E-state index in [1.54, 1.807) is 29.1 Å². The first-order valence-electron chi connectivity index (χ1n) is 8.20. The number of hydrogen-bond acceptors (Lipinski definition) is 4. The fraction of sp³-hybridized carbons (Fsp3) is 0. The number of amides is 1. The summed E-state index contributed by atoms with van der Waals surface area (Å²) in [6.07, 6.45) is 3.13. The molecule has 0 saturated heterocycles. The summed E-state index contributed by atoms with van der Waals surface area (Å²) in [5, 5.41) is 7.83. The molecule has 1 N–H and O–H groups in total. The Morgan fingerprint density at radius 2 is 1.74 bits per heavy atom. The number of pyridine rings is 2. The fourth-order valence-corrected chi connectivity index (χ4v) is 2.69. The minimum atomic E-state index is -0.302. The lowest BCUT2D eigenvalue weighted by Crippen LogP contribution is -2.15. The van der Waals surface area contributed by atoms with Crippen LogP contribution in [0.15, 0.2) is 79.1 Å². The van der Waals surface area contributed by atoms with Gasteiger partial charge in [0.15, 0.2) is 0 Å².